The molecule has 0 saturated carbocycles. The van der Waals surface area contributed by atoms with E-state index < -0.39 is 33.4 Å². The second-order valence-corrected chi connectivity index (χ2v) is 2.83. The van der Waals surface area contributed by atoms with Crippen LogP contribution in [-0.4, -0.2) is 61.4 Å². The quantitative estimate of drug-likeness (QED) is 0.193. The van der Waals surface area contributed by atoms with Crippen LogP contribution in [0.1, 0.15) is 0 Å². The van der Waals surface area contributed by atoms with E-state index in [1.165, 1.54) is 0 Å². The van der Waals surface area contributed by atoms with E-state index in [2.05, 4.69) is 5.50 Å². The maximum absolute atomic E-state index is 9.76. The Morgan fingerprint density at radius 2 is 1.64 bits per heavy atom. The average Bonchev–Trinajstić information content (AvgIpc) is 2.13. The van der Waals surface area contributed by atoms with Crippen molar-refractivity contribution in [1.82, 2.24) is 0 Å². The SMILES string of the molecule is NP(O)O.O=C[C@H](O)[C@H](O)[C@H](O)CO. The smallest absolute Gasteiger partial charge is 0.247 e. The molecule has 0 rings (SSSR count). The van der Waals surface area contributed by atoms with Gasteiger partial charge in [0.15, 0.2) is 6.29 Å². The molecule has 0 spiro atoms. The number of aldehydes is 1. The monoisotopic (exact) mass is 231 g/mol. The van der Waals surface area contributed by atoms with E-state index in [4.69, 9.17) is 30.2 Å². The Hall–Kier alpha value is -0.180. The molecule has 0 radical (unpaired) electrons. The van der Waals surface area contributed by atoms with Crippen molar-refractivity contribution in [3.8, 4) is 0 Å². The Morgan fingerprint density at radius 1 is 1.29 bits per heavy atom. The molecule has 8 N–H and O–H groups in total. The maximum atomic E-state index is 9.76. The number of carbonyl (C=O) groups excluding carboxylic acids is 1. The molecule has 14 heavy (non-hydrogen) atoms. The van der Waals surface area contributed by atoms with Gasteiger partial charge in [0.25, 0.3) is 0 Å². The van der Waals surface area contributed by atoms with Crippen molar-refractivity contribution in [3.63, 3.8) is 0 Å². The molecule has 0 aliphatic carbocycles. The summed E-state index contributed by atoms with van der Waals surface area (Å²) in [5, 5.41) is 34.1. The highest BCUT2D eigenvalue weighted by Gasteiger charge is 2.22. The lowest BCUT2D eigenvalue weighted by molar-refractivity contribution is -0.127. The van der Waals surface area contributed by atoms with Crippen LogP contribution in [-0.2, 0) is 4.79 Å². The number of hydrogen-bond acceptors (Lipinski definition) is 8. The number of hydrogen-bond donors (Lipinski definition) is 7. The van der Waals surface area contributed by atoms with Gasteiger partial charge in [0.2, 0.25) is 8.53 Å². The summed E-state index contributed by atoms with van der Waals surface area (Å²) in [6.45, 7) is -0.688. The lowest BCUT2D eigenvalue weighted by Gasteiger charge is -2.16. The molecule has 0 aliphatic heterocycles. The van der Waals surface area contributed by atoms with Gasteiger partial charge in [-0.2, -0.15) is 0 Å². The van der Waals surface area contributed by atoms with Gasteiger partial charge in [0.05, 0.1) is 6.61 Å². The van der Waals surface area contributed by atoms with Gasteiger partial charge in [-0.15, -0.1) is 0 Å². The highest BCUT2D eigenvalue weighted by Crippen LogP contribution is 2.05. The van der Waals surface area contributed by atoms with E-state index in [0.29, 0.717) is 0 Å². The molecule has 0 heterocycles. The summed E-state index contributed by atoms with van der Waals surface area (Å²) in [5.41, 5.74) is 4.29. The summed E-state index contributed by atoms with van der Waals surface area (Å²) >= 11 is 0. The first-order chi connectivity index (χ1) is 6.36. The Bertz CT molecular complexity index is 143. The van der Waals surface area contributed by atoms with Crippen LogP contribution in [0.3, 0.4) is 0 Å². The fourth-order valence-corrected chi connectivity index (χ4v) is 0.416. The van der Waals surface area contributed by atoms with Crippen molar-refractivity contribution in [1.29, 1.82) is 0 Å². The van der Waals surface area contributed by atoms with Gasteiger partial charge in [-0.3, -0.25) is 5.50 Å². The van der Waals surface area contributed by atoms with Crippen LogP contribution in [0.15, 0.2) is 0 Å². The molecule has 0 aliphatic rings. The Kier molecular flexibility index (Phi) is 10.9. The van der Waals surface area contributed by atoms with Crippen molar-refractivity contribution in [2.24, 2.45) is 5.50 Å². The lowest BCUT2D eigenvalue weighted by Crippen LogP contribution is -2.40. The van der Waals surface area contributed by atoms with Crippen LogP contribution in [0.4, 0.5) is 0 Å². The molecule has 0 bridgehead atoms. The third-order valence-corrected chi connectivity index (χ3v) is 1.07. The number of aliphatic hydroxyl groups excluding tert-OH is 4. The first kappa shape index (κ1) is 16.3. The van der Waals surface area contributed by atoms with Gasteiger partial charge in [0.1, 0.15) is 18.3 Å². The minimum atomic E-state index is -2.12. The van der Waals surface area contributed by atoms with Crippen molar-refractivity contribution >= 4 is 14.8 Å². The molecule has 8 nitrogen and oxygen atoms in total. The third kappa shape index (κ3) is 9.90. The molecule has 0 aromatic heterocycles. The molecule has 0 amide bonds. The summed E-state index contributed by atoms with van der Waals surface area (Å²) in [6, 6.07) is 0. The Morgan fingerprint density at radius 3 is 1.86 bits per heavy atom. The van der Waals surface area contributed by atoms with Gasteiger partial charge < -0.3 is 35.0 Å². The van der Waals surface area contributed by atoms with Crippen LogP contribution in [0.25, 0.3) is 0 Å². The number of carbonyl (C=O) groups is 1. The maximum Gasteiger partial charge on any atom is 0.247 e. The summed E-state index contributed by atoms with van der Waals surface area (Å²) < 4.78 is 0. The van der Waals surface area contributed by atoms with Crippen molar-refractivity contribution in [2.75, 3.05) is 6.61 Å². The van der Waals surface area contributed by atoms with Crippen LogP contribution in [0.2, 0.25) is 0 Å². The van der Waals surface area contributed by atoms with Crippen molar-refractivity contribution < 1.29 is 35.0 Å². The van der Waals surface area contributed by atoms with Gasteiger partial charge in [0, 0.05) is 0 Å². The normalized spacial score (nSPS) is 16.6. The highest BCUT2D eigenvalue weighted by molar-refractivity contribution is 7.42. The van der Waals surface area contributed by atoms with Crippen molar-refractivity contribution in [3.05, 3.63) is 0 Å². The Balaban J connectivity index is 0. The van der Waals surface area contributed by atoms with Crippen LogP contribution in [0, 0.1) is 0 Å². The zero-order valence-electron chi connectivity index (χ0n) is 7.13. The van der Waals surface area contributed by atoms with Gasteiger partial charge >= 0.3 is 0 Å². The van der Waals surface area contributed by atoms with Crippen LogP contribution in [0.5, 0.6) is 0 Å². The van der Waals surface area contributed by atoms with E-state index in [0.717, 1.165) is 0 Å². The fraction of sp³-hybridized carbons (Fsp3) is 0.800. The standard InChI is InChI=1S/C5H10O5.H4NO2P/c6-1-3(8)5(10)4(9)2-7;1-4(2)3/h1,3-5,7-10H,2H2;2-3H,1H2/t3-,4+,5-;/m0./s1. The molecule has 0 aromatic rings. The second kappa shape index (κ2) is 9.38. The summed E-state index contributed by atoms with van der Waals surface area (Å²) in [7, 11) is -2.12. The van der Waals surface area contributed by atoms with E-state index in [-0.39, 0.29) is 6.29 Å². The Labute approximate surface area is 81.2 Å². The molecular formula is C5H14NO7P. The summed E-state index contributed by atoms with van der Waals surface area (Å²) in [6.07, 6.45) is -4.63. The third-order valence-electron chi connectivity index (χ3n) is 1.07. The number of rotatable bonds is 4. The van der Waals surface area contributed by atoms with E-state index in [1.807, 2.05) is 0 Å². The number of nitrogens with two attached hydrogens (primary N) is 1. The van der Waals surface area contributed by atoms with Gasteiger partial charge in [-0.25, -0.2) is 0 Å². The van der Waals surface area contributed by atoms with Gasteiger partial charge in [-0.1, -0.05) is 0 Å². The minimum absolute atomic E-state index is 0.0869. The molecule has 9 heteroatoms. The molecule has 0 saturated heterocycles. The number of aliphatic hydroxyl groups is 4. The minimum Gasteiger partial charge on any atom is -0.394 e. The topological polar surface area (TPSA) is 164 Å². The summed E-state index contributed by atoms with van der Waals surface area (Å²) in [4.78, 5) is 24.7. The van der Waals surface area contributed by atoms with Gasteiger partial charge in [-0.05, 0) is 0 Å². The molecule has 0 unspecified atom stereocenters. The summed E-state index contributed by atoms with van der Waals surface area (Å²) in [5.74, 6) is 0. The molecule has 0 aromatic carbocycles. The first-order valence-corrected chi connectivity index (χ1v) is 4.71. The highest BCUT2D eigenvalue weighted by atomic mass is 31.2. The fourth-order valence-electron chi connectivity index (χ4n) is 0.416. The molecule has 0 fully saturated rings. The molecule has 3 atom stereocenters. The first-order valence-electron chi connectivity index (χ1n) is 3.39. The predicted molar refractivity (Wildman–Crippen MR) is 46.7 cm³/mol. The predicted octanol–water partition coefficient (Wildman–Crippen LogP) is -3.58. The van der Waals surface area contributed by atoms with Crippen molar-refractivity contribution in [2.45, 2.75) is 18.3 Å². The molecule has 86 valence electrons. The lowest BCUT2D eigenvalue weighted by atomic mass is 10.1. The average molecular weight is 231 g/mol. The largest absolute Gasteiger partial charge is 0.394 e. The van der Waals surface area contributed by atoms with E-state index in [9.17, 15) is 4.79 Å². The van der Waals surface area contributed by atoms with E-state index in [1.54, 1.807) is 0 Å². The zero-order chi connectivity index (χ0) is 11.7. The van der Waals surface area contributed by atoms with Crippen LogP contribution < -0.4 is 5.50 Å². The van der Waals surface area contributed by atoms with E-state index >= 15 is 0 Å². The molecular weight excluding hydrogens is 217 g/mol. The zero-order valence-corrected chi connectivity index (χ0v) is 8.03. The second-order valence-electron chi connectivity index (χ2n) is 2.19. The van der Waals surface area contributed by atoms with Crippen LogP contribution >= 0.6 is 8.53 Å².